The zero-order valence-electron chi connectivity index (χ0n) is 8.39. The zero-order valence-corrected chi connectivity index (χ0v) is 9.20. The van der Waals surface area contributed by atoms with Crippen molar-refractivity contribution in [2.45, 2.75) is 25.1 Å². The molecule has 0 bridgehead atoms. The Morgan fingerprint density at radius 1 is 1.71 bits per heavy atom. The number of aliphatic hydroxyl groups is 1. The third-order valence-corrected chi connectivity index (χ3v) is 3.09. The molecule has 0 saturated heterocycles. The Kier molecular flexibility index (Phi) is 4.82. The van der Waals surface area contributed by atoms with E-state index in [-0.39, 0.29) is 6.61 Å². The van der Waals surface area contributed by atoms with Crippen LogP contribution in [-0.4, -0.2) is 32.5 Å². The second-order valence-electron chi connectivity index (χ2n) is 3.22. The van der Waals surface area contributed by atoms with E-state index in [2.05, 4.69) is 5.10 Å². The van der Waals surface area contributed by atoms with E-state index in [1.165, 1.54) is 0 Å². The molecule has 0 saturated carbocycles. The number of hydrogen-bond acceptors (Lipinski definition) is 4. The van der Waals surface area contributed by atoms with Crippen LogP contribution in [0.4, 0.5) is 5.82 Å². The van der Waals surface area contributed by atoms with Crippen LogP contribution in [-0.2, 0) is 6.54 Å². The van der Waals surface area contributed by atoms with Crippen molar-refractivity contribution in [1.29, 1.82) is 0 Å². The Bertz CT molecular complexity index is 264. The average molecular weight is 215 g/mol. The molecule has 3 N–H and O–H groups in total. The second kappa shape index (κ2) is 5.93. The number of nitrogens with two attached hydrogens (primary N) is 1. The Morgan fingerprint density at radius 3 is 3.07 bits per heavy atom. The van der Waals surface area contributed by atoms with Gasteiger partial charge < -0.3 is 10.8 Å². The monoisotopic (exact) mass is 215 g/mol. The molecule has 1 aromatic rings. The van der Waals surface area contributed by atoms with E-state index < -0.39 is 0 Å². The summed E-state index contributed by atoms with van der Waals surface area (Å²) in [5.74, 6) is 1.61. The third-order valence-electron chi connectivity index (χ3n) is 1.85. The van der Waals surface area contributed by atoms with Gasteiger partial charge in [0, 0.05) is 18.0 Å². The normalized spacial score (nSPS) is 13.0. The molecule has 80 valence electrons. The van der Waals surface area contributed by atoms with Crippen molar-refractivity contribution in [1.82, 2.24) is 9.78 Å². The number of nitrogens with zero attached hydrogens (tertiary/aromatic N) is 2. The van der Waals surface area contributed by atoms with Gasteiger partial charge in [-0.3, -0.25) is 4.68 Å². The molecule has 0 radical (unpaired) electrons. The van der Waals surface area contributed by atoms with E-state index >= 15 is 0 Å². The SMILES string of the molecule is CC(CO)SCCCn1ccc(N)n1. The van der Waals surface area contributed by atoms with Crippen LogP contribution in [0.5, 0.6) is 0 Å². The van der Waals surface area contributed by atoms with Crippen molar-refractivity contribution < 1.29 is 5.11 Å². The Morgan fingerprint density at radius 2 is 2.50 bits per heavy atom. The molecule has 1 atom stereocenters. The molecule has 1 unspecified atom stereocenters. The maximum absolute atomic E-state index is 8.80. The Labute approximate surface area is 88.5 Å². The second-order valence-corrected chi connectivity index (χ2v) is 4.77. The van der Waals surface area contributed by atoms with Crippen molar-refractivity contribution in [2.24, 2.45) is 0 Å². The fourth-order valence-corrected chi connectivity index (χ4v) is 1.87. The molecule has 0 spiro atoms. The lowest BCUT2D eigenvalue weighted by Crippen LogP contribution is -2.05. The van der Waals surface area contributed by atoms with Crippen LogP contribution in [0.15, 0.2) is 12.3 Å². The largest absolute Gasteiger partial charge is 0.395 e. The molecule has 4 nitrogen and oxygen atoms in total. The number of thioether (sulfide) groups is 1. The summed E-state index contributed by atoms with van der Waals surface area (Å²) in [5.41, 5.74) is 5.48. The van der Waals surface area contributed by atoms with E-state index in [9.17, 15) is 0 Å². The van der Waals surface area contributed by atoms with Gasteiger partial charge in [0.25, 0.3) is 0 Å². The molecule has 0 amide bonds. The van der Waals surface area contributed by atoms with Gasteiger partial charge in [0.1, 0.15) is 5.82 Å². The maximum atomic E-state index is 8.80. The van der Waals surface area contributed by atoms with Gasteiger partial charge in [0.15, 0.2) is 0 Å². The molecule has 0 aromatic carbocycles. The van der Waals surface area contributed by atoms with Crippen molar-refractivity contribution in [3.63, 3.8) is 0 Å². The third kappa shape index (κ3) is 4.02. The Balaban J connectivity index is 2.10. The number of aliphatic hydroxyl groups excluding tert-OH is 1. The summed E-state index contributed by atoms with van der Waals surface area (Å²) in [5, 5.41) is 13.2. The quantitative estimate of drug-likeness (QED) is 0.694. The highest BCUT2D eigenvalue weighted by atomic mass is 32.2. The summed E-state index contributed by atoms with van der Waals surface area (Å²) < 4.78 is 1.85. The van der Waals surface area contributed by atoms with Crippen LogP contribution in [0, 0.1) is 0 Å². The molecule has 1 aromatic heterocycles. The van der Waals surface area contributed by atoms with Crippen LogP contribution < -0.4 is 5.73 Å². The molecular weight excluding hydrogens is 198 g/mol. The first-order chi connectivity index (χ1) is 6.72. The molecule has 0 aliphatic heterocycles. The van der Waals surface area contributed by atoms with Crippen molar-refractivity contribution in [3.05, 3.63) is 12.3 Å². The predicted molar refractivity (Wildman–Crippen MR) is 60.3 cm³/mol. The molecule has 5 heteroatoms. The lowest BCUT2D eigenvalue weighted by molar-refractivity contribution is 0.300. The number of hydrogen-bond donors (Lipinski definition) is 2. The van der Waals surface area contributed by atoms with Gasteiger partial charge >= 0.3 is 0 Å². The van der Waals surface area contributed by atoms with Gasteiger partial charge in [0.05, 0.1) is 6.61 Å². The number of aryl methyl sites for hydroxylation is 1. The van der Waals surface area contributed by atoms with E-state index in [4.69, 9.17) is 10.8 Å². The van der Waals surface area contributed by atoms with Crippen molar-refractivity contribution >= 4 is 17.6 Å². The minimum absolute atomic E-state index is 0.249. The van der Waals surface area contributed by atoms with Crippen LogP contribution in [0.2, 0.25) is 0 Å². The maximum Gasteiger partial charge on any atom is 0.145 e. The van der Waals surface area contributed by atoms with Gasteiger partial charge in [-0.25, -0.2) is 0 Å². The fourth-order valence-electron chi connectivity index (χ4n) is 1.07. The highest BCUT2D eigenvalue weighted by Gasteiger charge is 2.00. The first kappa shape index (κ1) is 11.4. The van der Waals surface area contributed by atoms with Crippen LogP contribution >= 0.6 is 11.8 Å². The zero-order chi connectivity index (χ0) is 10.4. The molecular formula is C9H17N3OS. The minimum atomic E-state index is 0.249. The highest BCUT2D eigenvalue weighted by molar-refractivity contribution is 7.99. The van der Waals surface area contributed by atoms with E-state index in [0.717, 1.165) is 18.7 Å². The average Bonchev–Trinajstić information content (AvgIpc) is 2.58. The number of anilines is 1. The van der Waals surface area contributed by atoms with Crippen molar-refractivity contribution in [2.75, 3.05) is 18.1 Å². The van der Waals surface area contributed by atoms with Gasteiger partial charge in [-0.1, -0.05) is 6.92 Å². The number of rotatable bonds is 6. The topological polar surface area (TPSA) is 64.1 Å². The van der Waals surface area contributed by atoms with Crippen molar-refractivity contribution in [3.8, 4) is 0 Å². The number of nitrogen functional groups attached to an aromatic ring is 1. The molecule has 0 fully saturated rings. The lowest BCUT2D eigenvalue weighted by Gasteiger charge is -2.06. The first-order valence-electron chi connectivity index (χ1n) is 4.73. The van der Waals surface area contributed by atoms with Crippen LogP contribution in [0.1, 0.15) is 13.3 Å². The van der Waals surface area contributed by atoms with Gasteiger partial charge in [-0.15, -0.1) is 0 Å². The van der Waals surface area contributed by atoms with Gasteiger partial charge in [0.2, 0.25) is 0 Å². The highest BCUT2D eigenvalue weighted by Crippen LogP contribution is 2.11. The molecule has 1 rings (SSSR count). The summed E-state index contributed by atoms with van der Waals surface area (Å²) in [7, 11) is 0. The summed E-state index contributed by atoms with van der Waals surface area (Å²) >= 11 is 1.78. The summed E-state index contributed by atoms with van der Waals surface area (Å²) in [6, 6.07) is 1.80. The number of aromatic nitrogens is 2. The molecule has 1 heterocycles. The van der Waals surface area contributed by atoms with Crippen LogP contribution in [0.3, 0.4) is 0 Å². The van der Waals surface area contributed by atoms with Crippen LogP contribution in [0.25, 0.3) is 0 Å². The van der Waals surface area contributed by atoms with E-state index in [1.54, 1.807) is 17.8 Å². The van der Waals surface area contributed by atoms with E-state index in [1.807, 2.05) is 17.8 Å². The predicted octanol–water partition coefficient (Wildman–Crippen LogP) is 0.969. The fraction of sp³-hybridized carbons (Fsp3) is 0.667. The Hall–Kier alpha value is -0.680. The molecule has 14 heavy (non-hydrogen) atoms. The first-order valence-corrected chi connectivity index (χ1v) is 5.78. The molecule has 0 aliphatic rings. The summed E-state index contributed by atoms with van der Waals surface area (Å²) in [4.78, 5) is 0. The van der Waals surface area contributed by atoms with Gasteiger partial charge in [-0.05, 0) is 18.2 Å². The minimum Gasteiger partial charge on any atom is -0.395 e. The summed E-state index contributed by atoms with van der Waals surface area (Å²) in [6.45, 7) is 3.16. The summed E-state index contributed by atoms with van der Waals surface area (Å²) in [6.07, 6.45) is 2.94. The standard InChI is InChI=1S/C9H17N3OS/c1-8(7-13)14-6-2-4-12-5-3-9(10)11-12/h3,5,8,13H,2,4,6-7H2,1H3,(H2,10,11). The lowest BCUT2D eigenvalue weighted by atomic mass is 10.5. The smallest absolute Gasteiger partial charge is 0.145 e. The van der Waals surface area contributed by atoms with E-state index in [0.29, 0.717) is 11.1 Å². The van der Waals surface area contributed by atoms with Gasteiger partial charge in [-0.2, -0.15) is 16.9 Å². The molecule has 0 aliphatic carbocycles.